The summed E-state index contributed by atoms with van der Waals surface area (Å²) in [4.78, 5) is 0. The van der Waals surface area contributed by atoms with Gasteiger partial charge < -0.3 is 10.3 Å². The molecule has 2 nitrogen and oxygen atoms in total. The van der Waals surface area contributed by atoms with E-state index in [0.29, 0.717) is 6.04 Å². The molecule has 0 radical (unpaired) electrons. The van der Waals surface area contributed by atoms with Gasteiger partial charge in [-0.25, -0.2) is 0 Å². The van der Waals surface area contributed by atoms with Crippen molar-refractivity contribution in [3.05, 3.63) is 53.9 Å². The van der Waals surface area contributed by atoms with Gasteiger partial charge in [-0.15, -0.1) is 0 Å². The van der Waals surface area contributed by atoms with Crippen molar-refractivity contribution in [2.75, 3.05) is 5.73 Å². The number of hydrogen-bond donors (Lipinski definition) is 1. The second kappa shape index (κ2) is 3.71. The molecule has 2 aromatic rings. The molecule has 2 heteroatoms. The Balaban J connectivity index is 2.06. The van der Waals surface area contributed by atoms with E-state index in [1.54, 1.807) is 0 Å². The Morgan fingerprint density at radius 2 is 2.00 bits per heavy atom. The number of fused-ring (bicyclic) bond motifs is 1. The van der Waals surface area contributed by atoms with Gasteiger partial charge in [-0.3, -0.25) is 0 Å². The van der Waals surface area contributed by atoms with Crippen LogP contribution in [0.5, 0.6) is 0 Å². The minimum atomic E-state index is 0.499. The number of nitrogens with two attached hydrogens (primary N) is 1. The van der Waals surface area contributed by atoms with Gasteiger partial charge in [0.15, 0.2) is 0 Å². The lowest BCUT2D eigenvalue weighted by Gasteiger charge is -2.27. The minimum absolute atomic E-state index is 0.499. The second-order valence-corrected chi connectivity index (χ2v) is 4.50. The largest absolute Gasteiger partial charge is 0.399 e. The summed E-state index contributed by atoms with van der Waals surface area (Å²) in [5, 5.41) is 0. The van der Waals surface area contributed by atoms with Crippen molar-refractivity contribution in [3.63, 3.8) is 0 Å². The molecule has 1 aliphatic rings. The van der Waals surface area contributed by atoms with Gasteiger partial charge in [0.2, 0.25) is 0 Å². The van der Waals surface area contributed by atoms with Gasteiger partial charge in [-0.05, 0) is 54.7 Å². The van der Waals surface area contributed by atoms with E-state index >= 15 is 0 Å². The number of benzene rings is 1. The van der Waals surface area contributed by atoms with Crippen molar-refractivity contribution in [1.29, 1.82) is 0 Å². The Bertz CT molecular complexity index is 485. The van der Waals surface area contributed by atoms with Gasteiger partial charge in [0.25, 0.3) is 0 Å². The number of nitrogens with zero attached hydrogens (tertiary/aromatic N) is 1. The lowest BCUT2D eigenvalue weighted by Crippen LogP contribution is -2.16. The number of aromatic nitrogens is 1. The quantitative estimate of drug-likeness (QED) is 0.724. The molecule has 1 aromatic heterocycles. The molecule has 0 spiro atoms. The standard InChI is InChI=1S/C14H16N2/c15-12-6-7-13-11(10-12)4-3-5-14(13)16-8-1-2-9-16/h1-2,6-10,14H,3-5,15H2. The van der Waals surface area contributed by atoms with E-state index < -0.39 is 0 Å². The third-order valence-corrected chi connectivity index (χ3v) is 3.44. The molecule has 0 aliphatic heterocycles. The van der Waals surface area contributed by atoms with E-state index in [1.165, 1.54) is 24.0 Å². The van der Waals surface area contributed by atoms with Crippen LogP contribution >= 0.6 is 0 Å². The van der Waals surface area contributed by atoms with Crippen molar-refractivity contribution in [2.45, 2.75) is 25.3 Å². The normalized spacial score (nSPS) is 19.4. The van der Waals surface area contributed by atoms with Crippen LogP contribution in [-0.2, 0) is 6.42 Å². The Morgan fingerprint density at radius 1 is 1.19 bits per heavy atom. The first-order chi connectivity index (χ1) is 7.84. The molecular formula is C14H16N2. The molecule has 0 saturated carbocycles. The van der Waals surface area contributed by atoms with Gasteiger partial charge in [0.05, 0.1) is 6.04 Å². The summed E-state index contributed by atoms with van der Waals surface area (Å²) in [7, 11) is 0. The minimum Gasteiger partial charge on any atom is -0.399 e. The molecule has 1 heterocycles. The first-order valence-electron chi connectivity index (χ1n) is 5.85. The summed E-state index contributed by atoms with van der Waals surface area (Å²) in [6.07, 6.45) is 7.94. The number of hydrogen-bond acceptors (Lipinski definition) is 1. The third-order valence-electron chi connectivity index (χ3n) is 3.44. The highest BCUT2D eigenvalue weighted by Crippen LogP contribution is 2.33. The van der Waals surface area contributed by atoms with Gasteiger partial charge >= 0.3 is 0 Å². The molecule has 1 aliphatic carbocycles. The Morgan fingerprint density at radius 3 is 2.81 bits per heavy atom. The summed E-state index contributed by atoms with van der Waals surface area (Å²) < 4.78 is 2.30. The number of nitrogen functional groups attached to an aromatic ring is 1. The molecule has 82 valence electrons. The van der Waals surface area contributed by atoms with Gasteiger partial charge in [0.1, 0.15) is 0 Å². The first-order valence-corrected chi connectivity index (χ1v) is 5.85. The van der Waals surface area contributed by atoms with E-state index in [1.807, 2.05) is 6.07 Å². The molecule has 2 N–H and O–H groups in total. The maximum absolute atomic E-state index is 5.84. The van der Waals surface area contributed by atoms with Crippen molar-refractivity contribution < 1.29 is 0 Å². The second-order valence-electron chi connectivity index (χ2n) is 4.50. The van der Waals surface area contributed by atoms with Gasteiger partial charge in [-0.1, -0.05) is 6.07 Å². The summed E-state index contributed by atoms with van der Waals surface area (Å²) >= 11 is 0. The van der Waals surface area contributed by atoms with Crippen molar-refractivity contribution in [1.82, 2.24) is 4.57 Å². The summed E-state index contributed by atoms with van der Waals surface area (Å²) in [6.45, 7) is 0. The summed E-state index contributed by atoms with van der Waals surface area (Å²) in [5.41, 5.74) is 9.58. The molecule has 0 fully saturated rings. The van der Waals surface area contributed by atoms with Crippen LogP contribution in [0.2, 0.25) is 0 Å². The Kier molecular flexibility index (Phi) is 2.21. The van der Waals surface area contributed by atoms with Crippen LogP contribution in [0.25, 0.3) is 0 Å². The fourth-order valence-corrected chi connectivity index (χ4v) is 2.67. The molecule has 1 unspecified atom stereocenters. The number of aryl methyl sites for hydroxylation is 1. The predicted octanol–water partition coefficient (Wildman–Crippen LogP) is 3.00. The van der Waals surface area contributed by atoms with Crippen LogP contribution in [0.1, 0.15) is 30.0 Å². The number of rotatable bonds is 1. The lowest BCUT2D eigenvalue weighted by molar-refractivity contribution is 0.491. The molecule has 0 bridgehead atoms. The highest BCUT2D eigenvalue weighted by molar-refractivity contribution is 5.46. The van der Waals surface area contributed by atoms with E-state index in [2.05, 4.69) is 41.2 Å². The smallest absolute Gasteiger partial charge is 0.0582 e. The molecule has 0 amide bonds. The van der Waals surface area contributed by atoms with Gasteiger partial charge in [0, 0.05) is 18.1 Å². The molecule has 1 aromatic carbocycles. The molecule has 0 saturated heterocycles. The molecule has 16 heavy (non-hydrogen) atoms. The Hall–Kier alpha value is -1.70. The maximum Gasteiger partial charge on any atom is 0.0582 e. The highest BCUT2D eigenvalue weighted by Gasteiger charge is 2.20. The summed E-state index contributed by atoms with van der Waals surface area (Å²) in [5.74, 6) is 0. The fourth-order valence-electron chi connectivity index (χ4n) is 2.67. The van der Waals surface area contributed by atoms with Crippen molar-refractivity contribution in [3.8, 4) is 0 Å². The van der Waals surface area contributed by atoms with Crippen LogP contribution < -0.4 is 5.73 Å². The molecular weight excluding hydrogens is 196 g/mol. The average molecular weight is 212 g/mol. The number of anilines is 1. The topological polar surface area (TPSA) is 30.9 Å². The van der Waals surface area contributed by atoms with Gasteiger partial charge in [-0.2, -0.15) is 0 Å². The highest BCUT2D eigenvalue weighted by atomic mass is 15.0. The zero-order chi connectivity index (χ0) is 11.0. The Labute approximate surface area is 95.7 Å². The van der Waals surface area contributed by atoms with E-state index in [-0.39, 0.29) is 0 Å². The van der Waals surface area contributed by atoms with E-state index in [0.717, 1.165) is 12.1 Å². The van der Waals surface area contributed by atoms with E-state index in [4.69, 9.17) is 5.73 Å². The average Bonchev–Trinajstić information content (AvgIpc) is 2.81. The van der Waals surface area contributed by atoms with Crippen molar-refractivity contribution in [2.24, 2.45) is 0 Å². The van der Waals surface area contributed by atoms with Crippen LogP contribution in [0.4, 0.5) is 5.69 Å². The maximum atomic E-state index is 5.84. The zero-order valence-electron chi connectivity index (χ0n) is 9.26. The third kappa shape index (κ3) is 1.51. The van der Waals surface area contributed by atoms with Crippen molar-refractivity contribution >= 4 is 5.69 Å². The lowest BCUT2D eigenvalue weighted by atomic mass is 9.87. The predicted molar refractivity (Wildman–Crippen MR) is 66.4 cm³/mol. The first kappa shape index (κ1) is 9.52. The van der Waals surface area contributed by atoms with E-state index in [9.17, 15) is 0 Å². The van der Waals surface area contributed by atoms with Crippen LogP contribution in [-0.4, -0.2) is 4.57 Å². The molecule has 3 rings (SSSR count). The van der Waals surface area contributed by atoms with Crippen LogP contribution in [0.15, 0.2) is 42.7 Å². The SMILES string of the molecule is Nc1ccc2c(c1)CCCC2n1cccc1. The fraction of sp³-hybridized carbons (Fsp3) is 0.286. The summed E-state index contributed by atoms with van der Waals surface area (Å²) in [6, 6.07) is 11.0. The van der Waals surface area contributed by atoms with Crippen LogP contribution in [0.3, 0.4) is 0 Å². The monoisotopic (exact) mass is 212 g/mol. The molecule has 1 atom stereocenters. The zero-order valence-corrected chi connectivity index (χ0v) is 9.26. The van der Waals surface area contributed by atoms with Crippen LogP contribution in [0, 0.1) is 0 Å².